The molecule has 0 amide bonds. The van der Waals surface area contributed by atoms with Crippen LogP contribution >= 0.6 is 0 Å². The van der Waals surface area contributed by atoms with Gasteiger partial charge in [0.25, 0.3) is 0 Å². The van der Waals surface area contributed by atoms with Crippen molar-refractivity contribution in [3.05, 3.63) is 42.9 Å². The SMILES string of the molecule is CC1C(Nc2ccc(-c3cnc4[nH]ccc4c3)nc2)C2CCN1CC2. The number of nitrogens with zero attached hydrogens (tertiary/aromatic N) is 3. The predicted molar refractivity (Wildman–Crippen MR) is 100 cm³/mol. The van der Waals surface area contributed by atoms with Crippen LogP contribution in [0.15, 0.2) is 42.9 Å². The molecular formula is C20H23N5. The van der Waals surface area contributed by atoms with Gasteiger partial charge in [-0.25, -0.2) is 4.98 Å². The minimum absolute atomic E-state index is 0.535. The van der Waals surface area contributed by atoms with Crippen LogP contribution in [-0.4, -0.2) is 45.0 Å². The molecule has 0 saturated carbocycles. The molecule has 5 nitrogen and oxygen atoms in total. The Balaban J connectivity index is 1.36. The molecule has 6 rings (SSSR count). The van der Waals surface area contributed by atoms with Gasteiger partial charge in [0, 0.05) is 35.4 Å². The number of piperidine rings is 3. The average Bonchev–Trinajstić information content (AvgIpc) is 3.13. The summed E-state index contributed by atoms with van der Waals surface area (Å²) in [6.45, 7) is 4.87. The maximum absolute atomic E-state index is 4.67. The standard InChI is InChI=1S/C20H23N5/c1-13-19(14-5-8-25(13)9-6-14)24-17-2-3-18(22-12-17)16-10-15-4-7-21-20(15)23-11-16/h2-4,7,10-14,19,24H,5-6,8-9H2,1H3,(H,21,23). The molecule has 2 bridgehead atoms. The Kier molecular flexibility index (Phi) is 3.48. The summed E-state index contributed by atoms with van der Waals surface area (Å²) in [5, 5.41) is 4.85. The smallest absolute Gasteiger partial charge is 0.137 e. The van der Waals surface area contributed by atoms with Gasteiger partial charge in [-0.3, -0.25) is 9.88 Å². The second kappa shape index (κ2) is 5.85. The van der Waals surface area contributed by atoms with Gasteiger partial charge in [-0.1, -0.05) is 0 Å². The quantitative estimate of drug-likeness (QED) is 0.770. The van der Waals surface area contributed by atoms with E-state index in [-0.39, 0.29) is 0 Å². The second-order valence-electron chi connectivity index (χ2n) is 7.36. The number of hydrogen-bond donors (Lipinski definition) is 2. The molecule has 25 heavy (non-hydrogen) atoms. The maximum Gasteiger partial charge on any atom is 0.137 e. The molecule has 6 heterocycles. The highest BCUT2D eigenvalue weighted by atomic mass is 15.2. The number of rotatable bonds is 3. The van der Waals surface area contributed by atoms with E-state index in [0.717, 1.165) is 33.9 Å². The number of pyridine rings is 2. The number of fused-ring (bicyclic) bond motifs is 4. The zero-order chi connectivity index (χ0) is 16.8. The van der Waals surface area contributed by atoms with Crippen molar-refractivity contribution < 1.29 is 0 Å². The highest BCUT2D eigenvalue weighted by Crippen LogP contribution is 2.34. The first-order chi connectivity index (χ1) is 12.3. The normalized spacial score (nSPS) is 28.4. The average molecular weight is 333 g/mol. The fourth-order valence-corrected chi connectivity index (χ4v) is 4.47. The highest BCUT2D eigenvalue weighted by Gasteiger charge is 2.39. The molecule has 0 aliphatic carbocycles. The van der Waals surface area contributed by atoms with E-state index >= 15 is 0 Å². The zero-order valence-electron chi connectivity index (χ0n) is 14.4. The summed E-state index contributed by atoms with van der Waals surface area (Å²) in [7, 11) is 0. The van der Waals surface area contributed by atoms with Crippen LogP contribution in [-0.2, 0) is 0 Å². The number of aromatic amines is 1. The van der Waals surface area contributed by atoms with Gasteiger partial charge in [0.05, 0.1) is 17.6 Å². The summed E-state index contributed by atoms with van der Waals surface area (Å²) < 4.78 is 0. The second-order valence-corrected chi connectivity index (χ2v) is 7.36. The van der Waals surface area contributed by atoms with Gasteiger partial charge in [0.1, 0.15) is 5.65 Å². The molecule has 3 saturated heterocycles. The number of anilines is 1. The Bertz CT molecular complexity index is 874. The number of hydrogen-bond acceptors (Lipinski definition) is 4. The van der Waals surface area contributed by atoms with Crippen molar-refractivity contribution in [3.8, 4) is 11.3 Å². The van der Waals surface area contributed by atoms with Gasteiger partial charge < -0.3 is 10.3 Å². The van der Waals surface area contributed by atoms with Gasteiger partial charge in [-0.15, -0.1) is 0 Å². The molecule has 3 aliphatic rings. The highest BCUT2D eigenvalue weighted by molar-refractivity contribution is 5.80. The molecule has 128 valence electrons. The Hall–Kier alpha value is -2.40. The number of H-pyrrole nitrogens is 1. The molecule has 3 aromatic heterocycles. The van der Waals surface area contributed by atoms with Crippen molar-refractivity contribution in [2.75, 3.05) is 18.4 Å². The van der Waals surface area contributed by atoms with E-state index in [9.17, 15) is 0 Å². The summed E-state index contributed by atoms with van der Waals surface area (Å²) in [4.78, 5) is 14.9. The van der Waals surface area contributed by atoms with E-state index < -0.39 is 0 Å². The summed E-state index contributed by atoms with van der Waals surface area (Å²) in [5.74, 6) is 0.792. The van der Waals surface area contributed by atoms with E-state index in [1.165, 1.54) is 25.9 Å². The van der Waals surface area contributed by atoms with Crippen LogP contribution in [0.5, 0.6) is 0 Å². The maximum atomic E-state index is 4.67. The molecule has 2 unspecified atom stereocenters. The molecule has 2 N–H and O–H groups in total. The van der Waals surface area contributed by atoms with Crippen molar-refractivity contribution in [2.45, 2.75) is 31.8 Å². The summed E-state index contributed by atoms with van der Waals surface area (Å²) >= 11 is 0. The van der Waals surface area contributed by atoms with Crippen molar-refractivity contribution in [1.29, 1.82) is 0 Å². The first-order valence-electron chi connectivity index (χ1n) is 9.18. The van der Waals surface area contributed by atoms with Crippen molar-refractivity contribution in [1.82, 2.24) is 19.9 Å². The Morgan fingerprint density at radius 3 is 2.76 bits per heavy atom. The van der Waals surface area contributed by atoms with E-state index in [1.807, 2.05) is 24.7 Å². The molecule has 5 heteroatoms. The molecule has 2 atom stereocenters. The lowest BCUT2D eigenvalue weighted by atomic mass is 9.79. The van der Waals surface area contributed by atoms with Gasteiger partial charge in [0.2, 0.25) is 0 Å². The van der Waals surface area contributed by atoms with Crippen molar-refractivity contribution >= 4 is 16.7 Å². The summed E-state index contributed by atoms with van der Waals surface area (Å²) in [5.41, 5.74) is 4.04. The van der Waals surface area contributed by atoms with Crippen LogP contribution < -0.4 is 5.32 Å². The summed E-state index contributed by atoms with van der Waals surface area (Å²) in [6.07, 6.45) is 8.38. The topological polar surface area (TPSA) is 56.8 Å². The first-order valence-corrected chi connectivity index (χ1v) is 9.18. The van der Waals surface area contributed by atoms with Gasteiger partial charge >= 0.3 is 0 Å². The minimum Gasteiger partial charge on any atom is -0.379 e. The van der Waals surface area contributed by atoms with Crippen molar-refractivity contribution in [3.63, 3.8) is 0 Å². The third-order valence-electron chi connectivity index (χ3n) is 5.97. The van der Waals surface area contributed by atoms with Crippen LogP contribution in [0.4, 0.5) is 5.69 Å². The molecule has 0 aromatic carbocycles. The van der Waals surface area contributed by atoms with Crippen LogP contribution in [0.25, 0.3) is 22.3 Å². The van der Waals surface area contributed by atoms with E-state index in [2.05, 4.69) is 50.3 Å². The molecule has 3 fully saturated rings. The van der Waals surface area contributed by atoms with Crippen LogP contribution in [0, 0.1) is 5.92 Å². The zero-order valence-corrected chi connectivity index (χ0v) is 14.4. The first kappa shape index (κ1) is 14.9. The lowest BCUT2D eigenvalue weighted by molar-refractivity contribution is 0.0458. The minimum atomic E-state index is 0.535. The van der Waals surface area contributed by atoms with Gasteiger partial charge in [-0.05, 0) is 63.0 Å². The Labute approximate surface area is 147 Å². The fourth-order valence-electron chi connectivity index (χ4n) is 4.47. The Morgan fingerprint density at radius 1 is 1.12 bits per heavy atom. The third-order valence-corrected chi connectivity index (χ3v) is 5.97. The lowest BCUT2D eigenvalue weighted by Crippen LogP contribution is -2.59. The molecular weight excluding hydrogens is 310 g/mol. The monoisotopic (exact) mass is 333 g/mol. The summed E-state index contributed by atoms with van der Waals surface area (Å²) in [6, 6.07) is 9.54. The largest absolute Gasteiger partial charge is 0.379 e. The van der Waals surface area contributed by atoms with Gasteiger partial charge in [0.15, 0.2) is 0 Å². The number of aromatic nitrogens is 3. The molecule has 0 radical (unpaired) electrons. The van der Waals surface area contributed by atoms with Crippen molar-refractivity contribution in [2.24, 2.45) is 5.92 Å². The lowest BCUT2D eigenvalue weighted by Gasteiger charge is -2.50. The van der Waals surface area contributed by atoms with E-state index in [0.29, 0.717) is 12.1 Å². The van der Waals surface area contributed by atoms with Crippen LogP contribution in [0.1, 0.15) is 19.8 Å². The Morgan fingerprint density at radius 2 is 2.00 bits per heavy atom. The number of nitrogens with one attached hydrogen (secondary N) is 2. The third kappa shape index (κ3) is 2.59. The molecule has 3 aliphatic heterocycles. The molecule has 3 aromatic rings. The fraction of sp³-hybridized carbons (Fsp3) is 0.400. The van der Waals surface area contributed by atoms with Gasteiger partial charge in [-0.2, -0.15) is 0 Å². The van der Waals surface area contributed by atoms with E-state index in [4.69, 9.17) is 0 Å². The van der Waals surface area contributed by atoms with Crippen LogP contribution in [0.2, 0.25) is 0 Å². The molecule has 0 spiro atoms. The van der Waals surface area contributed by atoms with E-state index in [1.54, 1.807) is 0 Å². The predicted octanol–water partition coefficient (Wildman–Crippen LogP) is 3.52. The van der Waals surface area contributed by atoms with Crippen LogP contribution in [0.3, 0.4) is 0 Å².